The molecule has 0 aromatic heterocycles. The minimum atomic E-state index is -3.66. The van der Waals surface area contributed by atoms with Gasteiger partial charge in [-0.05, 0) is 56.9 Å². The summed E-state index contributed by atoms with van der Waals surface area (Å²) in [5.41, 5.74) is 3.31. The Bertz CT molecular complexity index is 1060. The van der Waals surface area contributed by atoms with Gasteiger partial charge in [0.15, 0.2) is 0 Å². The molecule has 2 aliphatic heterocycles. The zero-order valence-electron chi connectivity index (χ0n) is 17.7. The number of hydrogen-bond acceptors (Lipinski definition) is 4. The van der Waals surface area contributed by atoms with Crippen molar-refractivity contribution in [3.63, 3.8) is 0 Å². The van der Waals surface area contributed by atoms with Crippen LogP contribution in [0.25, 0.3) is 0 Å². The molecule has 0 N–H and O–H groups in total. The van der Waals surface area contributed by atoms with Crippen LogP contribution in [0.15, 0.2) is 41.3 Å². The standard InChI is InChI=1S/C23H28N2O4S/c1-16-13-17(2)22(18(3)14-16)30(27,28)24-10-6-7-19(15-24)23(26)25-11-12-29-21-9-5-4-8-20(21)25/h4-5,8-9,13-14,19H,6-7,10-12,15H2,1-3H3/t19-/m0/s1. The Morgan fingerprint density at radius 2 is 1.77 bits per heavy atom. The van der Waals surface area contributed by atoms with Crippen LogP contribution in [0, 0.1) is 26.7 Å². The maximum atomic E-state index is 13.5. The summed E-state index contributed by atoms with van der Waals surface area (Å²) in [6, 6.07) is 11.3. The monoisotopic (exact) mass is 428 g/mol. The van der Waals surface area contributed by atoms with Gasteiger partial charge in [-0.2, -0.15) is 4.31 Å². The van der Waals surface area contributed by atoms with Crippen molar-refractivity contribution in [2.45, 2.75) is 38.5 Å². The van der Waals surface area contributed by atoms with Crippen molar-refractivity contribution < 1.29 is 17.9 Å². The first-order chi connectivity index (χ1) is 14.3. The smallest absolute Gasteiger partial charge is 0.243 e. The van der Waals surface area contributed by atoms with E-state index in [4.69, 9.17) is 4.74 Å². The maximum absolute atomic E-state index is 13.5. The van der Waals surface area contributed by atoms with Gasteiger partial charge in [0, 0.05) is 13.1 Å². The van der Waals surface area contributed by atoms with Gasteiger partial charge in [-0.1, -0.05) is 29.8 Å². The number of nitrogens with zero attached hydrogens (tertiary/aromatic N) is 2. The largest absolute Gasteiger partial charge is 0.490 e. The van der Waals surface area contributed by atoms with E-state index in [0.717, 1.165) is 22.4 Å². The molecule has 2 heterocycles. The van der Waals surface area contributed by atoms with Gasteiger partial charge in [-0.3, -0.25) is 4.79 Å². The summed E-state index contributed by atoms with van der Waals surface area (Å²) >= 11 is 0. The number of amides is 1. The zero-order valence-corrected chi connectivity index (χ0v) is 18.5. The SMILES string of the molecule is Cc1cc(C)c(S(=O)(=O)N2CCC[C@H](C(=O)N3CCOc4ccccc43)C2)c(C)c1. The molecule has 1 fully saturated rings. The lowest BCUT2D eigenvalue weighted by molar-refractivity contribution is -0.123. The molecule has 0 unspecified atom stereocenters. The number of carbonyl (C=O) groups excluding carboxylic acids is 1. The molecule has 1 atom stereocenters. The molecule has 2 aromatic carbocycles. The highest BCUT2D eigenvalue weighted by atomic mass is 32.2. The molecule has 2 aromatic rings. The molecule has 0 bridgehead atoms. The number of piperidine rings is 1. The van der Waals surface area contributed by atoms with E-state index in [1.807, 2.05) is 57.2 Å². The van der Waals surface area contributed by atoms with Crippen molar-refractivity contribution in [2.75, 3.05) is 31.1 Å². The second-order valence-corrected chi connectivity index (χ2v) is 10.1. The number of carbonyl (C=O) groups is 1. The predicted molar refractivity (Wildman–Crippen MR) is 116 cm³/mol. The van der Waals surface area contributed by atoms with Gasteiger partial charge in [-0.25, -0.2) is 8.42 Å². The van der Waals surface area contributed by atoms with Gasteiger partial charge in [0.2, 0.25) is 15.9 Å². The number of rotatable bonds is 3. The third kappa shape index (κ3) is 3.72. The molecule has 0 saturated carbocycles. The van der Waals surface area contributed by atoms with Gasteiger partial charge >= 0.3 is 0 Å². The second kappa shape index (κ2) is 8.04. The average Bonchev–Trinajstić information content (AvgIpc) is 2.72. The van der Waals surface area contributed by atoms with Crippen LogP contribution in [0.1, 0.15) is 29.5 Å². The van der Waals surface area contributed by atoms with Gasteiger partial charge in [0.05, 0.1) is 23.0 Å². The Kier molecular flexibility index (Phi) is 5.59. The van der Waals surface area contributed by atoms with Crippen LogP contribution in [-0.2, 0) is 14.8 Å². The molecule has 6 nitrogen and oxygen atoms in total. The van der Waals surface area contributed by atoms with Crippen LogP contribution in [0.2, 0.25) is 0 Å². The lowest BCUT2D eigenvalue weighted by Crippen LogP contribution is -2.48. The Labute approximate surface area is 178 Å². The summed E-state index contributed by atoms with van der Waals surface area (Å²) in [6.07, 6.45) is 1.36. The molecule has 0 aliphatic carbocycles. The van der Waals surface area contributed by atoms with Crippen molar-refractivity contribution in [3.05, 3.63) is 53.1 Å². The van der Waals surface area contributed by atoms with Gasteiger partial charge < -0.3 is 9.64 Å². The molecule has 7 heteroatoms. The summed E-state index contributed by atoms with van der Waals surface area (Å²) < 4.78 is 34.1. The predicted octanol–water partition coefficient (Wildman–Crippen LogP) is 3.44. The fourth-order valence-electron chi connectivity index (χ4n) is 4.68. The number of anilines is 1. The molecular formula is C23H28N2O4S. The van der Waals surface area contributed by atoms with Gasteiger partial charge in [0.25, 0.3) is 0 Å². The number of sulfonamides is 1. The lowest BCUT2D eigenvalue weighted by atomic mass is 9.97. The molecule has 2 aliphatic rings. The highest BCUT2D eigenvalue weighted by Crippen LogP contribution is 2.34. The highest BCUT2D eigenvalue weighted by Gasteiger charge is 2.37. The fourth-order valence-corrected chi connectivity index (χ4v) is 6.62. The summed E-state index contributed by atoms with van der Waals surface area (Å²) in [7, 11) is -3.66. The number of fused-ring (bicyclic) bond motifs is 1. The van der Waals surface area contributed by atoms with Crippen molar-refractivity contribution in [3.8, 4) is 5.75 Å². The highest BCUT2D eigenvalue weighted by molar-refractivity contribution is 7.89. The van der Waals surface area contributed by atoms with Crippen molar-refractivity contribution in [1.29, 1.82) is 0 Å². The average molecular weight is 429 g/mol. The zero-order chi connectivity index (χ0) is 21.5. The van der Waals surface area contributed by atoms with Crippen LogP contribution in [0.5, 0.6) is 5.75 Å². The lowest BCUT2D eigenvalue weighted by Gasteiger charge is -2.36. The number of para-hydroxylation sites is 2. The maximum Gasteiger partial charge on any atom is 0.243 e. The Morgan fingerprint density at radius 3 is 2.50 bits per heavy atom. The number of ether oxygens (including phenoxy) is 1. The Morgan fingerprint density at radius 1 is 1.07 bits per heavy atom. The first-order valence-electron chi connectivity index (χ1n) is 10.4. The van der Waals surface area contributed by atoms with E-state index in [1.165, 1.54) is 4.31 Å². The third-order valence-electron chi connectivity index (χ3n) is 5.93. The molecule has 0 spiro atoms. The Balaban J connectivity index is 1.59. The van der Waals surface area contributed by atoms with E-state index in [1.54, 1.807) is 4.90 Å². The summed E-state index contributed by atoms with van der Waals surface area (Å²) in [5.74, 6) is 0.317. The quantitative estimate of drug-likeness (QED) is 0.751. The van der Waals surface area contributed by atoms with Crippen LogP contribution in [0.4, 0.5) is 5.69 Å². The second-order valence-electron chi connectivity index (χ2n) is 8.24. The van der Waals surface area contributed by atoms with E-state index < -0.39 is 10.0 Å². The first-order valence-corrected chi connectivity index (χ1v) is 11.8. The van der Waals surface area contributed by atoms with Crippen LogP contribution in [0.3, 0.4) is 0 Å². The van der Waals surface area contributed by atoms with Gasteiger partial charge in [-0.15, -0.1) is 0 Å². The molecule has 160 valence electrons. The third-order valence-corrected chi connectivity index (χ3v) is 8.10. The van der Waals surface area contributed by atoms with Crippen molar-refractivity contribution in [2.24, 2.45) is 5.92 Å². The molecule has 4 rings (SSSR count). The molecule has 1 amide bonds. The van der Waals surface area contributed by atoms with E-state index in [-0.39, 0.29) is 18.4 Å². The summed E-state index contributed by atoms with van der Waals surface area (Å²) in [4.78, 5) is 15.5. The van der Waals surface area contributed by atoms with E-state index in [2.05, 4.69) is 0 Å². The van der Waals surface area contributed by atoms with Crippen molar-refractivity contribution >= 4 is 21.6 Å². The van der Waals surface area contributed by atoms with Crippen molar-refractivity contribution in [1.82, 2.24) is 4.31 Å². The van der Waals surface area contributed by atoms with Crippen LogP contribution < -0.4 is 9.64 Å². The van der Waals surface area contributed by atoms with Gasteiger partial charge in [0.1, 0.15) is 12.4 Å². The summed E-state index contributed by atoms with van der Waals surface area (Å²) in [5, 5.41) is 0. The molecule has 30 heavy (non-hydrogen) atoms. The molecule has 0 radical (unpaired) electrons. The fraction of sp³-hybridized carbons (Fsp3) is 0.435. The van der Waals surface area contributed by atoms with Crippen LogP contribution >= 0.6 is 0 Å². The normalized spacial score (nSPS) is 19.8. The van der Waals surface area contributed by atoms with E-state index >= 15 is 0 Å². The minimum Gasteiger partial charge on any atom is -0.490 e. The first kappa shape index (κ1) is 20.9. The van der Waals surface area contributed by atoms with Crippen LogP contribution in [-0.4, -0.2) is 44.9 Å². The number of hydrogen-bond donors (Lipinski definition) is 0. The molecular weight excluding hydrogens is 400 g/mol. The van der Waals surface area contributed by atoms with E-state index in [9.17, 15) is 13.2 Å². The number of benzene rings is 2. The summed E-state index contributed by atoms with van der Waals surface area (Å²) in [6.45, 7) is 7.22. The minimum absolute atomic E-state index is 0.0250. The van der Waals surface area contributed by atoms with E-state index in [0.29, 0.717) is 43.2 Å². The number of aryl methyl sites for hydroxylation is 3. The topological polar surface area (TPSA) is 66.9 Å². The molecule has 1 saturated heterocycles. The Hall–Kier alpha value is -2.38.